The Morgan fingerprint density at radius 2 is 1.79 bits per heavy atom. The van der Waals surface area contributed by atoms with Gasteiger partial charge in [0.25, 0.3) is 0 Å². The maximum atomic E-state index is 13.0. The van der Waals surface area contributed by atoms with E-state index in [-0.39, 0.29) is 5.43 Å². The summed E-state index contributed by atoms with van der Waals surface area (Å²) in [6.07, 6.45) is 4.68. The second-order valence-corrected chi connectivity index (χ2v) is 6.45. The van der Waals surface area contributed by atoms with Crippen molar-refractivity contribution in [2.24, 2.45) is 0 Å². The van der Waals surface area contributed by atoms with E-state index in [2.05, 4.69) is 23.7 Å². The summed E-state index contributed by atoms with van der Waals surface area (Å²) in [6, 6.07) is 5.63. The molecule has 2 aromatic rings. The first-order valence-electron chi connectivity index (χ1n) is 9.02. The number of nitrogens with zero attached hydrogens (tertiary/aromatic N) is 1. The third-order valence-corrected chi connectivity index (χ3v) is 4.56. The van der Waals surface area contributed by atoms with Gasteiger partial charge in [-0.2, -0.15) is 0 Å². The van der Waals surface area contributed by atoms with Crippen molar-refractivity contribution in [2.75, 3.05) is 20.2 Å². The Hall–Kier alpha value is -1.81. The number of rotatable bonds is 9. The van der Waals surface area contributed by atoms with Crippen LogP contribution in [-0.4, -0.2) is 30.1 Å². The summed E-state index contributed by atoms with van der Waals surface area (Å²) in [5.74, 6) is 0.719. The van der Waals surface area contributed by atoms with Crippen LogP contribution in [0, 0.1) is 6.92 Å². The molecular weight excluding hydrogens is 300 g/mol. The Labute approximate surface area is 144 Å². The van der Waals surface area contributed by atoms with Crippen molar-refractivity contribution in [3.8, 4) is 5.75 Å². The molecule has 1 aromatic carbocycles. The smallest absolute Gasteiger partial charge is 0.194 e. The number of aromatic nitrogens is 1. The maximum absolute atomic E-state index is 13.0. The molecule has 0 bridgehead atoms. The van der Waals surface area contributed by atoms with Gasteiger partial charge in [0.05, 0.1) is 7.11 Å². The molecule has 0 aliphatic heterocycles. The van der Waals surface area contributed by atoms with E-state index in [4.69, 9.17) is 4.74 Å². The number of aryl methyl sites for hydroxylation is 1. The molecule has 0 saturated heterocycles. The number of hydrogen-bond acceptors (Lipinski definition) is 3. The molecule has 0 spiro atoms. The summed E-state index contributed by atoms with van der Waals surface area (Å²) < 4.78 is 5.27. The van der Waals surface area contributed by atoms with Gasteiger partial charge in [-0.25, -0.2) is 0 Å². The molecule has 0 unspecified atom stereocenters. The van der Waals surface area contributed by atoms with Gasteiger partial charge in [0, 0.05) is 28.7 Å². The number of methoxy groups -OCH3 is 1. The Morgan fingerprint density at radius 1 is 1.12 bits per heavy atom. The Balaban J connectivity index is 2.36. The molecule has 0 aliphatic rings. The molecule has 0 fully saturated rings. The SMILES string of the molecule is CCCCN(CCCC)Cc1c(C)[nH]c2ccc(OC)cc2c1=O. The fourth-order valence-electron chi connectivity index (χ4n) is 3.00. The molecule has 4 nitrogen and oxygen atoms in total. The van der Waals surface area contributed by atoms with Crippen LogP contribution >= 0.6 is 0 Å². The van der Waals surface area contributed by atoms with Crippen LogP contribution in [0.4, 0.5) is 0 Å². The highest BCUT2D eigenvalue weighted by atomic mass is 16.5. The normalized spacial score (nSPS) is 11.4. The van der Waals surface area contributed by atoms with E-state index in [1.165, 1.54) is 25.7 Å². The minimum absolute atomic E-state index is 0.123. The van der Waals surface area contributed by atoms with Crippen molar-refractivity contribution in [3.05, 3.63) is 39.7 Å². The van der Waals surface area contributed by atoms with Crippen LogP contribution < -0.4 is 10.2 Å². The van der Waals surface area contributed by atoms with Gasteiger partial charge in [0.15, 0.2) is 5.43 Å². The maximum Gasteiger partial charge on any atom is 0.194 e. The minimum atomic E-state index is 0.123. The van der Waals surface area contributed by atoms with Gasteiger partial charge in [-0.1, -0.05) is 26.7 Å². The molecule has 2 rings (SSSR count). The third kappa shape index (κ3) is 4.38. The zero-order valence-electron chi connectivity index (χ0n) is 15.4. The van der Waals surface area contributed by atoms with E-state index in [0.717, 1.165) is 35.6 Å². The molecule has 1 aromatic heterocycles. The highest BCUT2D eigenvalue weighted by molar-refractivity contribution is 5.81. The topological polar surface area (TPSA) is 45.3 Å². The number of aromatic amines is 1. The van der Waals surface area contributed by atoms with Crippen molar-refractivity contribution in [2.45, 2.75) is 53.0 Å². The van der Waals surface area contributed by atoms with E-state index in [9.17, 15) is 4.79 Å². The molecule has 0 amide bonds. The first-order chi connectivity index (χ1) is 11.6. The Kier molecular flexibility index (Phi) is 6.85. The average Bonchev–Trinajstić information content (AvgIpc) is 2.60. The largest absolute Gasteiger partial charge is 0.497 e. The van der Waals surface area contributed by atoms with Gasteiger partial charge in [-0.3, -0.25) is 9.69 Å². The number of fused-ring (bicyclic) bond motifs is 1. The summed E-state index contributed by atoms with van der Waals surface area (Å²) in [5, 5.41) is 0.709. The quantitative estimate of drug-likeness (QED) is 0.747. The van der Waals surface area contributed by atoms with Crippen LogP contribution in [0.5, 0.6) is 5.75 Å². The third-order valence-electron chi connectivity index (χ3n) is 4.56. The van der Waals surface area contributed by atoms with Crippen molar-refractivity contribution >= 4 is 10.9 Å². The fraction of sp³-hybridized carbons (Fsp3) is 0.550. The summed E-state index contributed by atoms with van der Waals surface area (Å²) in [4.78, 5) is 18.8. The fourth-order valence-corrected chi connectivity index (χ4v) is 3.00. The van der Waals surface area contributed by atoms with E-state index in [1.807, 2.05) is 25.1 Å². The zero-order valence-corrected chi connectivity index (χ0v) is 15.4. The minimum Gasteiger partial charge on any atom is -0.497 e. The number of benzene rings is 1. The van der Waals surface area contributed by atoms with Crippen LogP contribution in [0.3, 0.4) is 0 Å². The first kappa shape index (κ1) is 18.5. The summed E-state index contributed by atoms with van der Waals surface area (Å²) in [5.41, 5.74) is 2.84. The predicted molar refractivity (Wildman–Crippen MR) is 101 cm³/mol. The van der Waals surface area contributed by atoms with Crippen LogP contribution in [0.1, 0.15) is 50.8 Å². The Morgan fingerprint density at radius 3 is 2.38 bits per heavy atom. The molecule has 0 aliphatic carbocycles. The lowest BCUT2D eigenvalue weighted by Gasteiger charge is -2.22. The molecule has 24 heavy (non-hydrogen) atoms. The highest BCUT2D eigenvalue weighted by Crippen LogP contribution is 2.19. The summed E-state index contributed by atoms with van der Waals surface area (Å²) in [7, 11) is 1.63. The monoisotopic (exact) mass is 330 g/mol. The highest BCUT2D eigenvalue weighted by Gasteiger charge is 2.14. The van der Waals surface area contributed by atoms with E-state index in [0.29, 0.717) is 11.9 Å². The molecule has 0 saturated carbocycles. The van der Waals surface area contributed by atoms with Crippen LogP contribution in [-0.2, 0) is 6.54 Å². The molecule has 4 heteroatoms. The van der Waals surface area contributed by atoms with Crippen molar-refractivity contribution in [1.82, 2.24) is 9.88 Å². The van der Waals surface area contributed by atoms with Gasteiger partial charge in [-0.15, -0.1) is 0 Å². The predicted octanol–water partition coefficient (Wildman–Crippen LogP) is 4.25. The lowest BCUT2D eigenvalue weighted by molar-refractivity contribution is 0.256. The number of hydrogen-bond donors (Lipinski definition) is 1. The molecule has 0 atom stereocenters. The van der Waals surface area contributed by atoms with Crippen molar-refractivity contribution in [3.63, 3.8) is 0 Å². The van der Waals surface area contributed by atoms with Crippen LogP contribution in [0.2, 0.25) is 0 Å². The van der Waals surface area contributed by atoms with Gasteiger partial charge < -0.3 is 9.72 Å². The van der Waals surface area contributed by atoms with Gasteiger partial charge in [0.1, 0.15) is 5.75 Å². The van der Waals surface area contributed by atoms with E-state index in [1.54, 1.807) is 7.11 Å². The lowest BCUT2D eigenvalue weighted by atomic mass is 10.1. The van der Waals surface area contributed by atoms with Crippen LogP contribution in [0.25, 0.3) is 10.9 Å². The number of nitrogens with one attached hydrogen (secondary N) is 1. The van der Waals surface area contributed by atoms with Crippen molar-refractivity contribution in [1.29, 1.82) is 0 Å². The second-order valence-electron chi connectivity index (χ2n) is 6.45. The number of H-pyrrole nitrogens is 1. The van der Waals surface area contributed by atoms with Gasteiger partial charge in [-0.05, 0) is 51.1 Å². The van der Waals surface area contributed by atoms with E-state index < -0.39 is 0 Å². The average molecular weight is 330 g/mol. The second kappa shape index (κ2) is 8.88. The first-order valence-corrected chi connectivity index (χ1v) is 9.02. The number of unbranched alkanes of at least 4 members (excludes halogenated alkanes) is 2. The molecular formula is C20H30N2O2. The van der Waals surface area contributed by atoms with Crippen LogP contribution in [0.15, 0.2) is 23.0 Å². The number of ether oxygens (including phenoxy) is 1. The van der Waals surface area contributed by atoms with Gasteiger partial charge in [0.2, 0.25) is 0 Å². The molecule has 1 heterocycles. The molecule has 0 radical (unpaired) electrons. The number of pyridine rings is 1. The van der Waals surface area contributed by atoms with E-state index >= 15 is 0 Å². The standard InChI is InChI=1S/C20H30N2O2/c1-5-7-11-22(12-8-6-2)14-18-15(3)21-19-10-9-16(24-4)13-17(19)20(18)23/h9-10,13H,5-8,11-12,14H2,1-4H3,(H,21,23). The Bertz CT molecular complexity index is 713. The zero-order chi connectivity index (χ0) is 17.5. The van der Waals surface area contributed by atoms with Gasteiger partial charge >= 0.3 is 0 Å². The summed E-state index contributed by atoms with van der Waals surface area (Å²) in [6.45, 7) is 9.22. The summed E-state index contributed by atoms with van der Waals surface area (Å²) >= 11 is 0. The molecule has 1 N–H and O–H groups in total. The van der Waals surface area contributed by atoms with Crippen molar-refractivity contribution < 1.29 is 4.74 Å². The molecule has 132 valence electrons. The lowest BCUT2D eigenvalue weighted by Crippen LogP contribution is -2.29.